The molecule has 0 aromatic rings. The standard InChI is InChI=1S/C11H26N2O3S/c1-4-16-8-9-17(14,15)13(7-5-6-12)10-11(2)3/h11H,4-10,12H2,1-3H3. The Kier molecular flexibility index (Phi) is 8.77. The Morgan fingerprint density at radius 2 is 2.00 bits per heavy atom. The highest BCUT2D eigenvalue weighted by atomic mass is 32.2. The van der Waals surface area contributed by atoms with Gasteiger partial charge in [-0.25, -0.2) is 12.7 Å². The van der Waals surface area contributed by atoms with Crippen molar-refractivity contribution in [1.29, 1.82) is 0 Å². The van der Waals surface area contributed by atoms with Crippen LogP contribution in [0.15, 0.2) is 0 Å². The average molecular weight is 266 g/mol. The zero-order valence-electron chi connectivity index (χ0n) is 11.2. The van der Waals surface area contributed by atoms with Gasteiger partial charge in [0.2, 0.25) is 10.0 Å². The van der Waals surface area contributed by atoms with Gasteiger partial charge < -0.3 is 10.5 Å². The van der Waals surface area contributed by atoms with Crippen molar-refractivity contribution in [2.75, 3.05) is 38.6 Å². The van der Waals surface area contributed by atoms with Crippen molar-refractivity contribution in [3.8, 4) is 0 Å². The number of hydrogen-bond acceptors (Lipinski definition) is 4. The van der Waals surface area contributed by atoms with Crippen molar-refractivity contribution in [3.63, 3.8) is 0 Å². The summed E-state index contributed by atoms with van der Waals surface area (Å²) >= 11 is 0. The first-order valence-electron chi connectivity index (χ1n) is 6.19. The molecule has 0 rings (SSSR count). The van der Waals surface area contributed by atoms with Gasteiger partial charge in [0.05, 0.1) is 12.4 Å². The number of nitrogens with zero attached hydrogens (tertiary/aromatic N) is 1. The molecule has 0 aliphatic heterocycles. The molecule has 0 aromatic heterocycles. The molecular formula is C11H26N2O3S. The normalized spacial score (nSPS) is 12.6. The van der Waals surface area contributed by atoms with Crippen LogP contribution in [0.3, 0.4) is 0 Å². The molecule has 0 saturated heterocycles. The second-order valence-corrected chi connectivity index (χ2v) is 6.50. The minimum absolute atomic E-state index is 0.0537. The Morgan fingerprint density at radius 1 is 1.35 bits per heavy atom. The van der Waals surface area contributed by atoms with Crippen LogP contribution in [0.4, 0.5) is 0 Å². The van der Waals surface area contributed by atoms with Gasteiger partial charge in [-0.2, -0.15) is 0 Å². The summed E-state index contributed by atoms with van der Waals surface area (Å²) in [6.07, 6.45) is 0.695. The molecule has 0 heterocycles. The second-order valence-electron chi connectivity index (χ2n) is 4.41. The van der Waals surface area contributed by atoms with Gasteiger partial charge in [0.25, 0.3) is 0 Å². The third kappa shape index (κ3) is 7.70. The summed E-state index contributed by atoms with van der Waals surface area (Å²) in [5.41, 5.74) is 5.43. The van der Waals surface area contributed by atoms with E-state index in [4.69, 9.17) is 10.5 Å². The summed E-state index contributed by atoms with van der Waals surface area (Å²) in [5.74, 6) is 0.368. The van der Waals surface area contributed by atoms with E-state index in [1.165, 1.54) is 4.31 Å². The minimum atomic E-state index is -3.21. The molecule has 17 heavy (non-hydrogen) atoms. The van der Waals surface area contributed by atoms with E-state index in [9.17, 15) is 8.42 Å². The van der Waals surface area contributed by atoms with Gasteiger partial charge in [0, 0.05) is 19.7 Å². The summed E-state index contributed by atoms with van der Waals surface area (Å²) in [6, 6.07) is 0. The molecule has 0 atom stereocenters. The number of sulfonamides is 1. The van der Waals surface area contributed by atoms with Crippen LogP contribution in [0.1, 0.15) is 27.2 Å². The van der Waals surface area contributed by atoms with Crippen LogP contribution >= 0.6 is 0 Å². The predicted octanol–water partition coefficient (Wildman–Crippen LogP) is 0.660. The maximum Gasteiger partial charge on any atom is 0.216 e. The summed E-state index contributed by atoms with van der Waals surface area (Å²) in [5, 5.41) is 0. The summed E-state index contributed by atoms with van der Waals surface area (Å²) in [6.45, 7) is 8.24. The van der Waals surface area contributed by atoms with Crippen LogP contribution in [0.25, 0.3) is 0 Å². The van der Waals surface area contributed by atoms with E-state index >= 15 is 0 Å². The van der Waals surface area contributed by atoms with E-state index in [0.717, 1.165) is 0 Å². The van der Waals surface area contributed by atoms with Crippen molar-refractivity contribution < 1.29 is 13.2 Å². The fourth-order valence-electron chi connectivity index (χ4n) is 1.46. The molecule has 0 unspecified atom stereocenters. The quantitative estimate of drug-likeness (QED) is 0.590. The van der Waals surface area contributed by atoms with E-state index in [1.54, 1.807) is 0 Å². The van der Waals surface area contributed by atoms with Crippen LogP contribution in [0, 0.1) is 5.92 Å². The Labute approximate surface area is 105 Å². The molecule has 0 radical (unpaired) electrons. The number of ether oxygens (including phenoxy) is 1. The van der Waals surface area contributed by atoms with Gasteiger partial charge in [-0.15, -0.1) is 0 Å². The first-order valence-corrected chi connectivity index (χ1v) is 7.80. The van der Waals surface area contributed by atoms with Crippen molar-refractivity contribution in [2.45, 2.75) is 27.2 Å². The highest BCUT2D eigenvalue weighted by Gasteiger charge is 2.21. The predicted molar refractivity (Wildman–Crippen MR) is 70.4 cm³/mol. The average Bonchev–Trinajstić information content (AvgIpc) is 2.23. The lowest BCUT2D eigenvalue weighted by molar-refractivity contribution is 0.162. The lowest BCUT2D eigenvalue weighted by atomic mass is 10.2. The first-order chi connectivity index (χ1) is 7.94. The minimum Gasteiger partial charge on any atom is -0.381 e. The SMILES string of the molecule is CCOCCS(=O)(=O)N(CCCN)CC(C)C. The van der Waals surface area contributed by atoms with Crippen molar-refractivity contribution in [3.05, 3.63) is 0 Å². The molecule has 0 fully saturated rings. The second kappa shape index (κ2) is 8.85. The molecule has 0 spiro atoms. The Bertz CT molecular complexity index is 278. The summed E-state index contributed by atoms with van der Waals surface area (Å²) in [7, 11) is -3.21. The van der Waals surface area contributed by atoms with E-state index in [1.807, 2.05) is 20.8 Å². The largest absolute Gasteiger partial charge is 0.381 e. The molecule has 0 aromatic carbocycles. The molecule has 0 bridgehead atoms. The summed E-state index contributed by atoms with van der Waals surface area (Å²) < 4.78 is 30.7. The molecule has 0 saturated carbocycles. The lowest BCUT2D eigenvalue weighted by Crippen LogP contribution is -2.38. The summed E-state index contributed by atoms with van der Waals surface area (Å²) in [4.78, 5) is 0. The van der Waals surface area contributed by atoms with E-state index in [0.29, 0.717) is 38.6 Å². The molecule has 0 amide bonds. The van der Waals surface area contributed by atoms with Gasteiger partial charge >= 0.3 is 0 Å². The zero-order chi connectivity index (χ0) is 13.3. The Morgan fingerprint density at radius 3 is 2.47 bits per heavy atom. The van der Waals surface area contributed by atoms with Crippen LogP contribution in [0.5, 0.6) is 0 Å². The third-order valence-electron chi connectivity index (χ3n) is 2.26. The maximum absolute atomic E-state index is 12.1. The van der Waals surface area contributed by atoms with E-state index < -0.39 is 10.0 Å². The number of nitrogens with two attached hydrogens (primary N) is 1. The van der Waals surface area contributed by atoms with Crippen LogP contribution in [0.2, 0.25) is 0 Å². The Balaban J connectivity index is 4.41. The van der Waals surface area contributed by atoms with Crippen molar-refractivity contribution in [2.24, 2.45) is 11.7 Å². The fraction of sp³-hybridized carbons (Fsp3) is 1.00. The van der Waals surface area contributed by atoms with E-state index in [2.05, 4.69) is 0 Å². The molecule has 2 N–H and O–H groups in total. The molecule has 6 heteroatoms. The van der Waals surface area contributed by atoms with Crippen LogP contribution in [-0.4, -0.2) is 51.3 Å². The first kappa shape index (κ1) is 16.8. The Hall–Kier alpha value is -0.170. The van der Waals surface area contributed by atoms with Crippen molar-refractivity contribution in [1.82, 2.24) is 4.31 Å². The number of hydrogen-bond donors (Lipinski definition) is 1. The molecular weight excluding hydrogens is 240 g/mol. The monoisotopic (exact) mass is 266 g/mol. The molecule has 0 aliphatic rings. The van der Waals surface area contributed by atoms with Gasteiger partial charge in [0.15, 0.2) is 0 Å². The lowest BCUT2D eigenvalue weighted by Gasteiger charge is -2.23. The topological polar surface area (TPSA) is 72.6 Å². The fourth-order valence-corrected chi connectivity index (χ4v) is 2.98. The van der Waals surface area contributed by atoms with Crippen LogP contribution in [-0.2, 0) is 14.8 Å². The van der Waals surface area contributed by atoms with Gasteiger partial charge in [-0.3, -0.25) is 0 Å². The zero-order valence-corrected chi connectivity index (χ0v) is 12.0. The smallest absolute Gasteiger partial charge is 0.216 e. The molecule has 0 aliphatic carbocycles. The highest BCUT2D eigenvalue weighted by Crippen LogP contribution is 2.07. The van der Waals surface area contributed by atoms with Gasteiger partial charge in [-0.05, 0) is 25.8 Å². The maximum atomic E-state index is 12.1. The van der Waals surface area contributed by atoms with Gasteiger partial charge in [0.1, 0.15) is 0 Å². The molecule has 104 valence electrons. The molecule has 5 nitrogen and oxygen atoms in total. The van der Waals surface area contributed by atoms with Gasteiger partial charge in [-0.1, -0.05) is 13.8 Å². The number of rotatable bonds is 10. The third-order valence-corrected chi connectivity index (χ3v) is 4.06. The van der Waals surface area contributed by atoms with E-state index in [-0.39, 0.29) is 12.4 Å². The van der Waals surface area contributed by atoms with Crippen LogP contribution < -0.4 is 5.73 Å². The van der Waals surface area contributed by atoms with Crippen molar-refractivity contribution >= 4 is 10.0 Å². The highest BCUT2D eigenvalue weighted by molar-refractivity contribution is 7.89.